The first kappa shape index (κ1) is 19.5. The molecule has 1 aliphatic rings. The Hall–Kier alpha value is -3.29. The van der Waals surface area contributed by atoms with Crippen molar-refractivity contribution in [1.29, 1.82) is 0 Å². The van der Waals surface area contributed by atoms with E-state index >= 15 is 0 Å². The second kappa shape index (κ2) is 7.75. The molecule has 2 heterocycles. The lowest BCUT2D eigenvalue weighted by Crippen LogP contribution is -2.40. The Morgan fingerprint density at radius 2 is 1.86 bits per heavy atom. The summed E-state index contributed by atoms with van der Waals surface area (Å²) >= 11 is 0. The van der Waals surface area contributed by atoms with Gasteiger partial charge in [0.2, 0.25) is 11.9 Å². The number of carbonyl (C=O) groups excluding carboxylic acids is 3. The molecule has 1 N–H and O–H groups in total. The minimum absolute atomic E-state index is 0.0100. The number of carbonyl (C=O) groups is 3. The van der Waals surface area contributed by atoms with Crippen LogP contribution in [0.15, 0.2) is 24.3 Å². The van der Waals surface area contributed by atoms with Crippen LogP contribution in [0.3, 0.4) is 0 Å². The van der Waals surface area contributed by atoms with E-state index < -0.39 is 29.9 Å². The molecular weight excluding hydrogens is 366 g/mol. The molecule has 0 bridgehead atoms. The highest BCUT2D eigenvalue weighted by molar-refractivity contribution is 6.04. The minimum atomic E-state index is -1.07. The van der Waals surface area contributed by atoms with Gasteiger partial charge in [0.15, 0.2) is 17.6 Å². The van der Waals surface area contributed by atoms with E-state index in [9.17, 15) is 14.4 Å². The summed E-state index contributed by atoms with van der Waals surface area (Å²) in [7, 11) is 1.27. The second-order valence-electron chi connectivity index (χ2n) is 6.42. The number of nitrogens with one attached hydrogen (secondary N) is 1. The van der Waals surface area contributed by atoms with Crippen LogP contribution in [0.1, 0.15) is 39.0 Å². The third kappa shape index (κ3) is 3.58. The van der Waals surface area contributed by atoms with E-state index in [2.05, 4.69) is 4.98 Å². The maximum atomic E-state index is 12.7. The Morgan fingerprint density at radius 1 is 1.18 bits per heavy atom. The molecule has 148 valence electrons. The summed E-state index contributed by atoms with van der Waals surface area (Å²) < 4.78 is 21.1. The number of ketones is 1. The molecule has 8 heteroatoms. The quantitative estimate of drug-likeness (QED) is 0.620. The van der Waals surface area contributed by atoms with E-state index in [0.29, 0.717) is 28.3 Å². The summed E-state index contributed by atoms with van der Waals surface area (Å²) in [6.45, 7) is 4.75. The van der Waals surface area contributed by atoms with E-state index in [1.165, 1.54) is 14.0 Å². The number of hydrogen-bond donors (Lipinski definition) is 1. The number of Topliss-reactive ketones (excluding diaryl/α,β-unsaturated/α-hetero) is 1. The predicted molar refractivity (Wildman–Crippen MR) is 97.8 cm³/mol. The summed E-state index contributed by atoms with van der Waals surface area (Å²) in [6, 6.07) is 6.98. The number of para-hydroxylation sites is 2. The average Bonchev–Trinajstić information content (AvgIpc) is 3.00. The molecule has 0 saturated carbocycles. The van der Waals surface area contributed by atoms with Gasteiger partial charge in [-0.25, -0.2) is 9.59 Å². The van der Waals surface area contributed by atoms with Crippen LogP contribution in [0.2, 0.25) is 0 Å². The number of methoxy groups -OCH3 is 1. The number of rotatable bonds is 5. The van der Waals surface area contributed by atoms with Crippen LogP contribution in [-0.4, -0.2) is 48.6 Å². The molecule has 0 radical (unpaired) electrons. The fourth-order valence-electron chi connectivity index (χ4n) is 3.05. The fraction of sp³-hybridized carbons (Fsp3) is 0.350. The molecule has 1 aromatic heterocycles. The second-order valence-corrected chi connectivity index (χ2v) is 6.42. The molecule has 2 atom stereocenters. The van der Waals surface area contributed by atoms with Gasteiger partial charge in [-0.05, 0) is 38.5 Å². The van der Waals surface area contributed by atoms with Crippen LogP contribution in [0.5, 0.6) is 11.5 Å². The molecule has 0 aliphatic carbocycles. The number of ether oxygens (including phenoxy) is 4. The summed E-state index contributed by atoms with van der Waals surface area (Å²) in [5.74, 6) is -0.719. The van der Waals surface area contributed by atoms with Crippen molar-refractivity contribution in [3.63, 3.8) is 0 Å². The average molecular weight is 387 g/mol. The van der Waals surface area contributed by atoms with Crippen LogP contribution in [0.4, 0.5) is 0 Å². The molecule has 3 rings (SSSR count). The lowest BCUT2D eigenvalue weighted by molar-refractivity contribution is -0.157. The van der Waals surface area contributed by atoms with Crippen molar-refractivity contribution in [2.45, 2.75) is 33.0 Å². The Morgan fingerprint density at radius 3 is 2.54 bits per heavy atom. The van der Waals surface area contributed by atoms with Crippen molar-refractivity contribution in [2.24, 2.45) is 0 Å². The van der Waals surface area contributed by atoms with Crippen LogP contribution < -0.4 is 9.47 Å². The largest absolute Gasteiger partial charge is 0.485 e. The first-order valence-corrected chi connectivity index (χ1v) is 8.74. The summed E-state index contributed by atoms with van der Waals surface area (Å²) in [5.41, 5.74) is 1.45. The molecule has 28 heavy (non-hydrogen) atoms. The van der Waals surface area contributed by atoms with Crippen LogP contribution in [0.25, 0.3) is 0 Å². The molecule has 0 unspecified atom stereocenters. The Kier molecular flexibility index (Phi) is 5.39. The molecule has 8 nitrogen and oxygen atoms in total. The van der Waals surface area contributed by atoms with Crippen LogP contribution in [0, 0.1) is 13.8 Å². The molecule has 1 aliphatic heterocycles. The number of aromatic nitrogens is 1. The Balaban J connectivity index is 1.70. The maximum Gasteiger partial charge on any atom is 0.351 e. The van der Waals surface area contributed by atoms with Crippen molar-refractivity contribution in [3.8, 4) is 11.5 Å². The first-order chi connectivity index (χ1) is 13.3. The summed E-state index contributed by atoms with van der Waals surface area (Å²) in [6.07, 6.45) is -2.04. The number of aryl methyl sites for hydroxylation is 1. The molecule has 0 amide bonds. The number of benzene rings is 1. The highest BCUT2D eigenvalue weighted by atomic mass is 16.6. The van der Waals surface area contributed by atoms with Gasteiger partial charge in [0.1, 0.15) is 6.61 Å². The SMILES string of the molecule is COC(=O)c1c(C)[nH]c(C(=O)[C@H](C)OC(=O)[C@H]2COc3ccccc3O2)c1C. The minimum Gasteiger partial charge on any atom is -0.485 e. The summed E-state index contributed by atoms with van der Waals surface area (Å²) in [4.78, 5) is 39.9. The van der Waals surface area contributed by atoms with E-state index in [4.69, 9.17) is 18.9 Å². The number of aromatic amines is 1. The van der Waals surface area contributed by atoms with Gasteiger partial charge in [-0.1, -0.05) is 12.1 Å². The van der Waals surface area contributed by atoms with E-state index in [1.807, 2.05) is 0 Å². The Labute approximate surface area is 161 Å². The molecular formula is C20H21NO7. The van der Waals surface area contributed by atoms with Gasteiger partial charge in [-0.3, -0.25) is 4.79 Å². The first-order valence-electron chi connectivity index (χ1n) is 8.74. The Bertz CT molecular complexity index is 931. The molecule has 1 aromatic carbocycles. The number of esters is 2. The number of fused-ring (bicyclic) bond motifs is 1. The van der Waals surface area contributed by atoms with Crippen molar-refractivity contribution >= 4 is 17.7 Å². The van der Waals surface area contributed by atoms with E-state index in [1.54, 1.807) is 38.1 Å². The van der Waals surface area contributed by atoms with Crippen LogP contribution in [-0.2, 0) is 14.3 Å². The smallest absolute Gasteiger partial charge is 0.351 e. The van der Waals surface area contributed by atoms with Crippen molar-refractivity contribution in [2.75, 3.05) is 13.7 Å². The van der Waals surface area contributed by atoms with Crippen molar-refractivity contribution in [1.82, 2.24) is 4.98 Å². The van der Waals surface area contributed by atoms with E-state index in [0.717, 1.165) is 0 Å². The van der Waals surface area contributed by atoms with Gasteiger partial charge < -0.3 is 23.9 Å². The summed E-state index contributed by atoms with van der Waals surface area (Å²) in [5, 5.41) is 0. The zero-order valence-corrected chi connectivity index (χ0v) is 16.0. The van der Waals surface area contributed by atoms with Gasteiger partial charge in [0, 0.05) is 5.69 Å². The molecule has 0 fully saturated rings. The molecule has 2 aromatic rings. The monoisotopic (exact) mass is 387 g/mol. The predicted octanol–water partition coefficient (Wildman–Crippen LogP) is 2.37. The third-order valence-corrected chi connectivity index (χ3v) is 4.51. The number of hydrogen-bond acceptors (Lipinski definition) is 7. The highest BCUT2D eigenvalue weighted by Crippen LogP contribution is 2.31. The van der Waals surface area contributed by atoms with Gasteiger partial charge >= 0.3 is 11.9 Å². The maximum absolute atomic E-state index is 12.7. The van der Waals surface area contributed by atoms with Gasteiger partial charge in [-0.2, -0.15) is 0 Å². The number of H-pyrrole nitrogens is 1. The van der Waals surface area contributed by atoms with Gasteiger partial charge in [-0.15, -0.1) is 0 Å². The third-order valence-electron chi connectivity index (χ3n) is 4.51. The fourth-order valence-corrected chi connectivity index (χ4v) is 3.05. The van der Waals surface area contributed by atoms with Crippen LogP contribution >= 0.6 is 0 Å². The van der Waals surface area contributed by atoms with Gasteiger partial charge in [0.05, 0.1) is 18.4 Å². The molecule has 0 spiro atoms. The van der Waals surface area contributed by atoms with Crippen molar-refractivity contribution in [3.05, 3.63) is 46.8 Å². The lowest BCUT2D eigenvalue weighted by atomic mass is 10.1. The van der Waals surface area contributed by atoms with Gasteiger partial charge in [0.25, 0.3) is 0 Å². The topological polar surface area (TPSA) is 104 Å². The zero-order valence-electron chi connectivity index (χ0n) is 16.0. The standard InChI is InChI=1S/C20H21NO7/c1-10-16(20(24)25-4)11(2)21-17(10)18(22)12(3)27-19(23)15-9-26-13-7-5-6-8-14(13)28-15/h5-8,12,15,21H,9H2,1-4H3/t12-,15+/m0/s1. The highest BCUT2D eigenvalue weighted by Gasteiger charge is 2.33. The molecule has 0 saturated heterocycles. The zero-order chi connectivity index (χ0) is 20.4. The normalized spacial score (nSPS) is 16.2. The van der Waals surface area contributed by atoms with E-state index in [-0.39, 0.29) is 12.3 Å². The van der Waals surface area contributed by atoms with Crippen molar-refractivity contribution < 1.29 is 33.3 Å². The lowest BCUT2D eigenvalue weighted by Gasteiger charge is -2.25.